The molecular formula is C16H28N4O. The molecule has 0 aromatic carbocycles. The van der Waals surface area contributed by atoms with Crippen molar-refractivity contribution in [3.05, 3.63) is 18.7 Å². The summed E-state index contributed by atoms with van der Waals surface area (Å²) >= 11 is 0. The number of aromatic nitrogens is 2. The van der Waals surface area contributed by atoms with Crippen molar-refractivity contribution in [1.82, 2.24) is 14.9 Å². The number of nitrogens with zero attached hydrogens (tertiary/aromatic N) is 2. The third kappa shape index (κ3) is 4.30. The highest BCUT2D eigenvalue weighted by molar-refractivity contribution is 5.79. The molecule has 1 aromatic rings. The smallest absolute Gasteiger partial charge is 0.224 e. The highest BCUT2D eigenvalue weighted by atomic mass is 16.2. The van der Waals surface area contributed by atoms with E-state index in [1.165, 1.54) is 0 Å². The Balaban J connectivity index is 1.97. The van der Waals surface area contributed by atoms with Crippen LogP contribution in [0.1, 0.15) is 52.5 Å². The Bertz CT molecular complexity index is 449. The number of rotatable bonds is 5. The van der Waals surface area contributed by atoms with Gasteiger partial charge in [-0.25, -0.2) is 4.98 Å². The fourth-order valence-electron chi connectivity index (χ4n) is 3.25. The molecule has 1 aliphatic carbocycles. The Morgan fingerprint density at radius 2 is 2.24 bits per heavy atom. The number of carbonyl (C=O) groups is 1. The number of nitrogens with one attached hydrogen (secondary N) is 1. The van der Waals surface area contributed by atoms with E-state index in [9.17, 15) is 4.79 Å². The predicted octanol–water partition coefficient (Wildman–Crippen LogP) is 2.10. The summed E-state index contributed by atoms with van der Waals surface area (Å²) in [6.07, 6.45) is 9.68. The summed E-state index contributed by atoms with van der Waals surface area (Å²) in [5.41, 5.74) is 5.92. The van der Waals surface area contributed by atoms with Gasteiger partial charge in [0.05, 0.1) is 18.3 Å². The molecule has 5 heteroatoms. The summed E-state index contributed by atoms with van der Waals surface area (Å²) in [4.78, 5) is 16.6. The van der Waals surface area contributed by atoms with Crippen LogP contribution in [0.3, 0.4) is 0 Å². The van der Waals surface area contributed by atoms with Crippen LogP contribution in [0.25, 0.3) is 0 Å². The van der Waals surface area contributed by atoms with Gasteiger partial charge in [-0.3, -0.25) is 4.79 Å². The van der Waals surface area contributed by atoms with Gasteiger partial charge in [-0.05, 0) is 31.1 Å². The van der Waals surface area contributed by atoms with Gasteiger partial charge < -0.3 is 15.6 Å². The average Bonchev–Trinajstić information content (AvgIpc) is 3.04. The Kier molecular flexibility index (Phi) is 5.04. The fourth-order valence-corrected chi connectivity index (χ4v) is 3.25. The maximum Gasteiger partial charge on any atom is 0.224 e. The molecule has 3 unspecified atom stereocenters. The summed E-state index contributed by atoms with van der Waals surface area (Å²) < 4.78 is 2.11. The van der Waals surface area contributed by atoms with Gasteiger partial charge in [-0.2, -0.15) is 0 Å². The number of nitrogens with two attached hydrogens (primary N) is 1. The molecule has 118 valence electrons. The van der Waals surface area contributed by atoms with Crippen molar-refractivity contribution in [2.75, 3.05) is 6.54 Å². The minimum atomic E-state index is -0.103. The number of amides is 1. The highest BCUT2D eigenvalue weighted by Crippen LogP contribution is 2.31. The first-order chi connectivity index (χ1) is 9.90. The molecule has 1 heterocycles. The molecule has 0 bridgehead atoms. The molecule has 1 saturated carbocycles. The molecule has 1 aromatic heterocycles. The maximum atomic E-state index is 12.5. The zero-order valence-electron chi connectivity index (χ0n) is 13.4. The molecule has 1 fully saturated rings. The van der Waals surface area contributed by atoms with E-state index < -0.39 is 0 Å². The van der Waals surface area contributed by atoms with Gasteiger partial charge >= 0.3 is 0 Å². The van der Waals surface area contributed by atoms with E-state index in [2.05, 4.69) is 35.6 Å². The summed E-state index contributed by atoms with van der Waals surface area (Å²) in [6, 6.07) is 0.519. The van der Waals surface area contributed by atoms with Gasteiger partial charge in [0.1, 0.15) is 0 Å². The monoisotopic (exact) mass is 292 g/mol. The largest absolute Gasteiger partial charge is 0.351 e. The van der Waals surface area contributed by atoms with Crippen molar-refractivity contribution in [3.63, 3.8) is 0 Å². The zero-order chi connectivity index (χ0) is 15.5. The molecule has 3 atom stereocenters. The Labute approximate surface area is 127 Å². The first-order valence-corrected chi connectivity index (χ1v) is 7.88. The van der Waals surface area contributed by atoms with Crippen molar-refractivity contribution in [2.45, 2.75) is 58.5 Å². The van der Waals surface area contributed by atoms with Crippen molar-refractivity contribution < 1.29 is 4.79 Å². The molecule has 3 N–H and O–H groups in total. The number of hydrogen-bond donors (Lipinski definition) is 2. The van der Waals surface area contributed by atoms with Crippen LogP contribution in [0.5, 0.6) is 0 Å². The standard InChI is InChI=1S/C16H28N4O/c1-16(2,3)9-12(10-17)15(21)19-13-5-4-6-14(13)20-8-7-18-11-20/h7-8,11-14H,4-6,9-10,17H2,1-3H3,(H,19,21). The zero-order valence-corrected chi connectivity index (χ0v) is 13.4. The lowest BCUT2D eigenvalue weighted by Crippen LogP contribution is -2.44. The maximum absolute atomic E-state index is 12.5. The van der Waals surface area contributed by atoms with E-state index in [1.807, 2.05) is 12.5 Å². The summed E-state index contributed by atoms with van der Waals surface area (Å²) in [6.45, 7) is 6.85. The Morgan fingerprint density at radius 3 is 2.81 bits per heavy atom. The van der Waals surface area contributed by atoms with Crippen molar-refractivity contribution in [1.29, 1.82) is 0 Å². The third-order valence-electron chi connectivity index (χ3n) is 4.23. The highest BCUT2D eigenvalue weighted by Gasteiger charge is 2.32. The van der Waals surface area contributed by atoms with Crippen LogP contribution in [0.2, 0.25) is 0 Å². The molecule has 21 heavy (non-hydrogen) atoms. The second kappa shape index (κ2) is 6.60. The van der Waals surface area contributed by atoms with E-state index in [1.54, 1.807) is 6.20 Å². The van der Waals surface area contributed by atoms with Crippen LogP contribution < -0.4 is 11.1 Å². The third-order valence-corrected chi connectivity index (χ3v) is 4.23. The van der Waals surface area contributed by atoms with Gasteiger partial charge in [0.25, 0.3) is 0 Å². The Hall–Kier alpha value is -1.36. The van der Waals surface area contributed by atoms with E-state index in [-0.39, 0.29) is 23.3 Å². The predicted molar refractivity (Wildman–Crippen MR) is 83.7 cm³/mol. The molecule has 0 radical (unpaired) electrons. The SMILES string of the molecule is CC(C)(C)CC(CN)C(=O)NC1CCCC1n1ccnc1. The second-order valence-corrected chi connectivity index (χ2v) is 7.32. The average molecular weight is 292 g/mol. The summed E-state index contributed by atoms with van der Waals surface area (Å²) in [7, 11) is 0. The first-order valence-electron chi connectivity index (χ1n) is 7.88. The van der Waals surface area contributed by atoms with Crippen molar-refractivity contribution >= 4 is 5.91 Å². The molecule has 1 amide bonds. The summed E-state index contributed by atoms with van der Waals surface area (Å²) in [5.74, 6) is -0.00141. The van der Waals surface area contributed by atoms with Gasteiger partial charge in [-0.15, -0.1) is 0 Å². The van der Waals surface area contributed by atoms with Gasteiger partial charge in [0.2, 0.25) is 5.91 Å². The molecule has 0 spiro atoms. The number of hydrogen-bond acceptors (Lipinski definition) is 3. The number of imidazole rings is 1. The molecule has 1 aliphatic rings. The van der Waals surface area contributed by atoms with E-state index in [4.69, 9.17) is 5.73 Å². The molecule has 5 nitrogen and oxygen atoms in total. The topological polar surface area (TPSA) is 72.9 Å². The van der Waals surface area contributed by atoms with Gasteiger partial charge in [-0.1, -0.05) is 20.8 Å². The fraction of sp³-hybridized carbons (Fsp3) is 0.750. The van der Waals surface area contributed by atoms with E-state index in [0.29, 0.717) is 12.6 Å². The quantitative estimate of drug-likeness (QED) is 0.873. The molecule has 2 rings (SSSR count). The van der Waals surface area contributed by atoms with Crippen LogP contribution >= 0.6 is 0 Å². The van der Waals surface area contributed by atoms with Crippen LogP contribution in [-0.4, -0.2) is 28.0 Å². The van der Waals surface area contributed by atoms with E-state index in [0.717, 1.165) is 25.7 Å². The van der Waals surface area contributed by atoms with Crippen LogP contribution in [-0.2, 0) is 4.79 Å². The molecule has 0 saturated heterocycles. The van der Waals surface area contributed by atoms with Crippen molar-refractivity contribution in [2.24, 2.45) is 17.1 Å². The van der Waals surface area contributed by atoms with Crippen LogP contribution in [0, 0.1) is 11.3 Å². The minimum absolute atomic E-state index is 0.101. The Morgan fingerprint density at radius 1 is 1.48 bits per heavy atom. The van der Waals surface area contributed by atoms with Gasteiger partial charge in [0, 0.05) is 25.0 Å². The number of carbonyl (C=O) groups excluding carboxylic acids is 1. The lowest BCUT2D eigenvalue weighted by molar-refractivity contribution is -0.126. The lowest BCUT2D eigenvalue weighted by atomic mass is 9.84. The summed E-state index contributed by atoms with van der Waals surface area (Å²) in [5, 5.41) is 3.22. The first kappa shape index (κ1) is 16.0. The molecular weight excluding hydrogens is 264 g/mol. The van der Waals surface area contributed by atoms with Crippen molar-refractivity contribution in [3.8, 4) is 0 Å². The van der Waals surface area contributed by atoms with Crippen LogP contribution in [0.4, 0.5) is 0 Å². The lowest BCUT2D eigenvalue weighted by Gasteiger charge is -2.28. The van der Waals surface area contributed by atoms with E-state index >= 15 is 0 Å². The van der Waals surface area contributed by atoms with Gasteiger partial charge in [0.15, 0.2) is 0 Å². The molecule has 0 aliphatic heterocycles. The van der Waals surface area contributed by atoms with Crippen LogP contribution in [0.15, 0.2) is 18.7 Å². The second-order valence-electron chi connectivity index (χ2n) is 7.32. The normalized spacial score (nSPS) is 24.0. The minimum Gasteiger partial charge on any atom is -0.351 e.